The monoisotopic (exact) mass is 286 g/mol. The van der Waals surface area contributed by atoms with E-state index in [2.05, 4.69) is 13.8 Å². The summed E-state index contributed by atoms with van der Waals surface area (Å²) in [6.07, 6.45) is 15.5. The van der Waals surface area contributed by atoms with Gasteiger partial charge in [-0.15, -0.1) is 0 Å². The molecule has 0 saturated heterocycles. The van der Waals surface area contributed by atoms with Crippen molar-refractivity contribution in [2.24, 2.45) is 0 Å². The maximum atomic E-state index is 9.90. The highest BCUT2D eigenvalue weighted by Gasteiger charge is 2.09. The molecule has 0 aromatic rings. The Morgan fingerprint density at radius 3 is 1.35 bits per heavy atom. The second kappa shape index (κ2) is 15.3. The number of hydrogen-bond acceptors (Lipinski definition) is 2. The Morgan fingerprint density at radius 2 is 0.850 bits per heavy atom. The SMILES string of the molecule is CCCCCCCCCC(O)CCC(O)CCCCC. The minimum atomic E-state index is -0.203. The molecular weight excluding hydrogens is 248 g/mol. The minimum absolute atomic E-state index is 0.202. The summed E-state index contributed by atoms with van der Waals surface area (Å²) in [5.41, 5.74) is 0. The fourth-order valence-electron chi connectivity index (χ4n) is 2.64. The molecule has 0 aliphatic heterocycles. The molecule has 0 spiro atoms. The molecular formula is C18H38O2. The summed E-state index contributed by atoms with van der Waals surface area (Å²) in [6, 6.07) is 0. The molecule has 20 heavy (non-hydrogen) atoms. The van der Waals surface area contributed by atoms with E-state index in [1.54, 1.807) is 0 Å². The van der Waals surface area contributed by atoms with Crippen molar-refractivity contribution in [3.05, 3.63) is 0 Å². The first-order chi connectivity index (χ1) is 9.70. The molecule has 0 fully saturated rings. The van der Waals surface area contributed by atoms with E-state index in [9.17, 15) is 10.2 Å². The van der Waals surface area contributed by atoms with Crippen LogP contribution in [0.4, 0.5) is 0 Å². The van der Waals surface area contributed by atoms with Gasteiger partial charge in [0.1, 0.15) is 0 Å². The molecule has 0 aromatic carbocycles. The van der Waals surface area contributed by atoms with Gasteiger partial charge in [-0.3, -0.25) is 0 Å². The second-order valence-corrected chi connectivity index (χ2v) is 6.29. The molecule has 2 heteroatoms. The van der Waals surface area contributed by atoms with Crippen molar-refractivity contribution in [2.75, 3.05) is 0 Å². The van der Waals surface area contributed by atoms with Crippen molar-refractivity contribution in [3.63, 3.8) is 0 Å². The first-order valence-corrected chi connectivity index (χ1v) is 9.06. The average molecular weight is 287 g/mol. The van der Waals surface area contributed by atoms with E-state index in [-0.39, 0.29) is 12.2 Å². The van der Waals surface area contributed by atoms with E-state index >= 15 is 0 Å². The van der Waals surface area contributed by atoms with Crippen LogP contribution in [0.3, 0.4) is 0 Å². The Balaban J connectivity index is 3.29. The lowest BCUT2D eigenvalue weighted by molar-refractivity contribution is 0.101. The molecule has 2 unspecified atom stereocenters. The van der Waals surface area contributed by atoms with Crippen LogP contribution in [0.1, 0.15) is 104 Å². The number of rotatable bonds is 15. The van der Waals surface area contributed by atoms with Gasteiger partial charge in [0, 0.05) is 0 Å². The van der Waals surface area contributed by atoms with Gasteiger partial charge in [0.2, 0.25) is 0 Å². The predicted molar refractivity (Wildman–Crippen MR) is 88.0 cm³/mol. The van der Waals surface area contributed by atoms with Crippen molar-refractivity contribution in [2.45, 2.75) is 116 Å². The minimum Gasteiger partial charge on any atom is -0.393 e. The molecule has 0 bridgehead atoms. The lowest BCUT2D eigenvalue weighted by Crippen LogP contribution is -2.13. The van der Waals surface area contributed by atoms with Crippen molar-refractivity contribution >= 4 is 0 Å². The summed E-state index contributed by atoms with van der Waals surface area (Å²) in [6.45, 7) is 4.42. The normalized spacial score (nSPS) is 14.4. The highest BCUT2D eigenvalue weighted by atomic mass is 16.3. The molecule has 0 amide bonds. The van der Waals surface area contributed by atoms with Crippen molar-refractivity contribution < 1.29 is 10.2 Å². The summed E-state index contributed by atoms with van der Waals surface area (Å²) in [5, 5.41) is 19.7. The van der Waals surface area contributed by atoms with Crippen LogP contribution in [0.25, 0.3) is 0 Å². The van der Waals surface area contributed by atoms with Gasteiger partial charge in [0.25, 0.3) is 0 Å². The lowest BCUT2D eigenvalue weighted by atomic mass is 10.0. The highest BCUT2D eigenvalue weighted by Crippen LogP contribution is 2.14. The number of aliphatic hydroxyl groups excluding tert-OH is 2. The van der Waals surface area contributed by atoms with Crippen molar-refractivity contribution in [1.29, 1.82) is 0 Å². The summed E-state index contributed by atoms with van der Waals surface area (Å²) >= 11 is 0. The topological polar surface area (TPSA) is 40.5 Å². The van der Waals surface area contributed by atoms with Crippen LogP contribution < -0.4 is 0 Å². The average Bonchev–Trinajstić information content (AvgIpc) is 2.44. The van der Waals surface area contributed by atoms with Crippen LogP contribution in [0.5, 0.6) is 0 Å². The molecule has 0 aromatic heterocycles. The van der Waals surface area contributed by atoms with Gasteiger partial charge < -0.3 is 10.2 Å². The van der Waals surface area contributed by atoms with Crippen molar-refractivity contribution in [1.82, 2.24) is 0 Å². The van der Waals surface area contributed by atoms with Gasteiger partial charge in [0.15, 0.2) is 0 Å². The molecule has 0 radical (unpaired) electrons. The second-order valence-electron chi connectivity index (χ2n) is 6.29. The quantitative estimate of drug-likeness (QED) is 0.406. The van der Waals surface area contributed by atoms with Gasteiger partial charge in [-0.1, -0.05) is 78.1 Å². The molecule has 2 N–H and O–H groups in total. The molecule has 122 valence electrons. The van der Waals surface area contributed by atoms with Gasteiger partial charge >= 0.3 is 0 Å². The van der Waals surface area contributed by atoms with Gasteiger partial charge in [-0.05, 0) is 25.7 Å². The van der Waals surface area contributed by atoms with Crippen LogP contribution in [-0.2, 0) is 0 Å². The molecule has 0 rings (SSSR count). The van der Waals surface area contributed by atoms with E-state index in [4.69, 9.17) is 0 Å². The van der Waals surface area contributed by atoms with Gasteiger partial charge in [0.05, 0.1) is 12.2 Å². The van der Waals surface area contributed by atoms with Crippen LogP contribution in [0, 0.1) is 0 Å². The van der Waals surface area contributed by atoms with E-state index in [0.717, 1.165) is 38.5 Å². The zero-order chi connectivity index (χ0) is 15.1. The molecule has 0 heterocycles. The Hall–Kier alpha value is -0.0800. The number of aliphatic hydroxyl groups is 2. The fraction of sp³-hybridized carbons (Fsp3) is 1.00. The zero-order valence-electron chi connectivity index (χ0n) is 13.9. The third-order valence-corrected chi connectivity index (χ3v) is 4.11. The van der Waals surface area contributed by atoms with E-state index in [1.807, 2.05) is 0 Å². The van der Waals surface area contributed by atoms with Gasteiger partial charge in [-0.25, -0.2) is 0 Å². The molecule has 0 aliphatic carbocycles. The Kier molecular flexibility index (Phi) is 15.3. The van der Waals surface area contributed by atoms with E-state index < -0.39 is 0 Å². The third-order valence-electron chi connectivity index (χ3n) is 4.11. The maximum Gasteiger partial charge on any atom is 0.0541 e. The van der Waals surface area contributed by atoms with Crippen molar-refractivity contribution in [3.8, 4) is 0 Å². The Bertz CT molecular complexity index is 182. The lowest BCUT2D eigenvalue weighted by Gasteiger charge is -2.14. The summed E-state index contributed by atoms with van der Waals surface area (Å²) < 4.78 is 0. The summed E-state index contributed by atoms with van der Waals surface area (Å²) in [7, 11) is 0. The van der Waals surface area contributed by atoms with Crippen LogP contribution in [0.15, 0.2) is 0 Å². The smallest absolute Gasteiger partial charge is 0.0541 e. The van der Waals surface area contributed by atoms with Gasteiger partial charge in [-0.2, -0.15) is 0 Å². The third kappa shape index (κ3) is 14.3. The van der Waals surface area contributed by atoms with E-state index in [1.165, 1.54) is 51.4 Å². The van der Waals surface area contributed by atoms with E-state index in [0.29, 0.717) is 0 Å². The highest BCUT2D eigenvalue weighted by molar-refractivity contribution is 4.62. The molecule has 2 atom stereocenters. The van der Waals surface area contributed by atoms with Crippen LogP contribution in [-0.4, -0.2) is 22.4 Å². The summed E-state index contributed by atoms with van der Waals surface area (Å²) in [4.78, 5) is 0. The standard InChI is InChI=1S/C18H38O2/c1-3-5-7-8-9-10-12-14-18(20)16-15-17(19)13-11-6-4-2/h17-20H,3-16H2,1-2H3. The maximum absolute atomic E-state index is 9.90. The first-order valence-electron chi connectivity index (χ1n) is 9.06. The Morgan fingerprint density at radius 1 is 0.500 bits per heavy atom. The Labute approximate surface area is 127 Å². The zero-order valence-corrected chi connectivity index (χ0v) is 13.9. The first kappa shape index (κ1) is 19.9. The number of unbranched alkanes of at least 4 members (excludes halogenated alkanes) is 8. The summed E-state index contributed by atoms with van der Waals surface area (Å²) in [5.74, 6) is 0. The largest absolute Gasteiger partial charge is 0.393 e. The molecule has 0 saturated carbocycles. The fourth-order valence-corrected chi connectivity index (χ4v) is 2.64. The van der Waals surface area contributed by atoms with Crippen LogP contribution >= 0.6 is 0 Å². The molecule has 0 aliphatic rings. The molecule has 2 nitrogen and oxygen atoms in total. The van der Waals surface area contributed by atoms with Crippen LogP contribution in [0.2, 0.25) is 0 Å². The predicted octanol–water partition coefficient (Wildman–Crippen LogP) is 5.21. The number of hydrogen-bond donors (Lipinski definition) is 2.